The van der Waals surface area contributed by atoms with Gasteiger partial charge in [0.05, 0.1) is 22.8 Å². The third-order valence-electron chi connectivity index (χ3n) is 7.72. The fraction of sp³-hybridized carbons (Fsp3) is 0. The summed E-state index contributed by atoms with van der Waals surface area (Å²) in [6.45, 7) is 0. The van der Waals surface area contributed by atoms with Gasteiger partial charge in [-0.3, -0.25) is 4.90 Å². The van der Waals surface area contributed by atoms with Crippen LogP contribution in [0.25, 0.3) is 35.6 Å². The van der Waals surface area contributed by atoms with Crippen molar-refractivity contribution < 1.29 is 4.74 Å². The minimum absolute atomic E-state index is 0.548. The molecule has 0 radical (unpaired) electrons. The van der Waals surface area contributed by atoms with Crippen LogP contribution < -0.4 is 15.0 Å². The molecule has 0 bridgehead atoms. The van der Waals surface area contributed by atoms with Crippen LogP contribution in [0.5, 0.6) is 11.6 Å². The summed E-state index contributed by atoms with van der Waals surface area (Å²) in [5.41, 5.74) is 10.5. The molecule has 0 atom stereocenters. The van der Waals surface area contributed by atoms with E-state index in [1.807, 2.05) is 24.3 Å². The van der Waals surface area contributed by atoms with Gasteiger partial charge in [-0.2, -0.15) is 0 Å². The Morgan fingerprint density at radius 1 is 0.581 bits per heavy atom. The lowest BCUT2D eigenvalue weighted by molar-refractivity contribution is 0.463. The molecule has 0 amide bonds. The van der Waals surface area contributed by atoms with E-state index in [2.05, 4.69) is 137 Å². The van der Waals surface area contributed by atoms with E-state index >= 15 is 0 Å². The number of nitrogens with zero attached hydrogens (tertiary/aromatic N) is 3. The smallest absolute Gasteiger partial charge is 0.219 e. The zero-order chi connectivity index (χ0) is 28.6. The van der Waals surface area contributed by atoms with Crippen molar-refractivity contribution >= 4 is 52.9 Å². The number of benzene rings is 4. The van der Waals surface area contributed by atoms with Crippen LogP contribution in [0.4, 0.5) is 28.6 Å². The molecule has 2 aliphatic heterocycles. The second-order valence-corrected chi connectivity index (χ2v) is 10.4. The summed E-state index contributed by atoms with van der Waals surface area (Å²) < 4.78 is 6.16. The topological polar surface area (TPSA) is 50.3 Å². The van der Waals surface area contributed by atoms with Gasteiger partial charge in [-0.1, -0.05) is 91.0 Å². The SMILES string of the molecule is C1=Cc2cccc(-c3cccc(N4c5ccccc5C=Cc5ccc(Oc6ccccn6)cc54)n3)c2Nc2ccccc21. The summed E-state index contributed by atoms with van der Waals surface area (Å²) in [4.78, 5) is 11.9. The summed E-state index contributed by atoms with van der Waals surface area (Å²) in [6, 6.07) is 41.1. The predicted molar refractivity (Wildman–Crippen MR) is 176 cm³/mol. The summed E-state index contributed by atoms with van der Waals surface area (Å²) in [7, 11) is 0. The summed E-state index contributed by atoms with van der Waals surface area (Å²) in [6.07, 6.45) is 10.4. The van der Waals surface area contributed by atoms with Gasteiger partial charge in [0, 0.05) is 29.6 Å². The first-order chi connectivity index (χ1) is 21.3. The maximum Gasteiger partial charge on any atom is 0.219 e. The van der Waals surface area contributed by atoms with Crippen molar-refractivity contribution in [1.29, 1.82) is 0 Å². The van der Waals surface area contributed by atoms with E-state index in [-0.39, 0.29) is 0 Å². The van der Waals surface area contributed by atoms with Crippen molar-refractivity contribution in [3.8, 4) is 22.9 Å². The normalized spacial score (nSPS) is 12.6. The zero-order valence-electron chi connectivity index (χ0n) is 23.2. The van der Waals surface area contributed by atoms with Gasteiger partial charge < -0.3 is 10.1 Å². The molecule has 4 heterocycles. The number of aromatic nitrogens is 2. The van der Waals surface area contributed by atoms with Crippen molar-refractivity contribution in [3.05, 3.63) is 150 Å². The van der Waals surface area contributed by atoms with Gasteiger partial charge in [-0.25, -0.2) is 9.97 Å². The van der Waals surface area contributed by atoms with Crippen molar-refractivity contribution in [3.63, 3.8) is 0 Å². The van der Waals surface area contributed by atoms with Crippen molar-refractivity contribution in [2.75, 3.05) is 10.2 Å². The third-order valence-corrected chi connectivity index (χ3v) is 7.72. The van der Waals surface area contributed by atoms with Gasteiger partial charge in [0.1, 0.15) is 11.6 Å². The Morgan fingerprint density at radius 2 is 1.33 bits per heavy atom. The molecule has 4 aromatic carbocycles. The van der Waals surface area contributed by atoms with Crippen molar-refractivity contribution in [1.82, 2.24) is 9.97 Å². The molecule has 5 heteroatoms. The molecule has 0 saturated heterocycles. The van der Waals surface area contributed by atoms with E-state index in [1.54, 1.807) is 6.20 Å². The molecule has 204 valence electrons. The molecule has 8 rings (SSSR count). The molecule has 0 fully saturated rings. The first-order valence-corrected chi connectivity index (χ1v) is 14.2. The highest BCUT2D eigenvalue weighted by Gasteiger charge is 2.23. The van der Waals surface area contributed by atoms with Gasteiger partial charge in [0.15, 0.2) is 0 Å². The molecular weight excluding hydrogens is 528 g/mol. The number of hydrogen-bond acceptors (Lipinski definition) is 5. The Labute approximate surface area is 250 Å². The van der Waals surface area contributed by atoms with E-state index in [0.717, 1.165) is 62.1 Å². The molecule has 0 unspecified atom stereocenters. The van der Waals surface area contributed by atoms with Crippen LogP contribution in [0.3, 0.4) is 0 Å². The quantitative estimate of drug-likeness (QED) is 0.235. The third kappa shape index (κ3) is 4.63. The lowest BCUT2D eigenvalue weighted by Gasteiger charge is -2.27. The molecule has 5 nitrogen and oxygen atoms in total. The predicted octanol–water partition coefficient (Wildman–Crippen LogP) is 10.1. The average Bonchev–Trinajstić information content (AvgIpc) is 3.35. The highest BCUT2D eigenvalue weighted by Crippen LogP contribution is 2.44. The van der Waals surface area contributed by atoms with E-state index in [0.29, 0.717) is 11.6 Å². The van der Waals surface area contributed by atoms with Gasteiger partial charge in [0.25, 0.3) is 0 Å². The molecule has 0 saturated carbocycles. The van der Waals surface area contributed by atoms with Crippen LogP contribution in [0.2, 0.25) is 0 Å². The van der Waals surface area contributed by atoms with Gasteiger partial charge in [-0.15, -0.1) is 0 Å². The Bertz CT molecular complexity index is 2050. The first-order valence-electron chi connectivity index (χ1n) is 14.2. The number of fused-ring (bicyclic) bond motifs is 4. The Morgan fingerprint density at radius 3 is 2.23 bits per heavy atom. The molecule has 0 spiro atoms. The molecule has 1 N–H and O–H groups in total. The van der Waals surface area contributed by atoms with Crippen LogP contribution >= 0.6 is 0 Å². The number of ether oxygens (including phenoxy) is 1. The lowest BCUT2D eigenvalue weighted by atomic mass is 10.0. The number of rotatable bonds is 4. The Hall–Kier alpha value is -5.94. The van der Waals surface area contributed by atoms with Crippen molar-refractivity contribution in [2.45, 2.75) is 0 Å². The molecule has 2 aromatic heterocycles. The fourth-order valence-electron chi connectivity index (χ4n) is 5.67. The van der Waals surface area contributed by atoms with E-state index in [9.17, 15) is 0 Å². The Balaban J connectivity index is 1.26. The van der Waals surface area contributed by atoms with E-state index in [4.69, 9.17) is 9.72 Å². The monoisotopic (exact) mass is 554 g/mol. The van der Waals surface area contributed by atoms with Crippen LogP contribution in [-0.2, 0) is 0 Å². The highest BCUT2D eigenvalue weighted by atomic mass is 16.5. The molecule has 43 heavy (non-hydrogen) atoms. The molecular formula is C38H26N4O. The summed E-state index contributed by atoms with van der Waals surface area (Å²) >= 11 is 0. The lowest BCUT2D eigenvalue weighted by Crippen LogP contribution is -2.13. The Kier molecular flexibility index (Phi) is 6.05. The largest absolute Gasteiger partial charge is 0.439 e. The van der Waals surface area contributed by atoms with Gasteiger partial charge >= 0.3 is 0 Å². The fourth-order valence-corrected chi connectivity index (χ4v) is 5.67. The summed E-state index contributed by atoms with van der Waals surface area (Å²) in [5, 5.41) is 3.69. The van der Waals surface area contributed by atoms with Crippen LogP contribution in [0.1, 0.15) is 22.3 Å². The standard InChI is InChI=1S/C38H26N4O/c1-3-13-32-26(9-1)18-21-29-11-7-12-31(38(29)41-32)33-14-8-16-36(40-33)42-34-15-4-2-10-27(34)19-20-28-22-23-30(25-35(28)42)43-37-17-5-6-24-39-37/h1-25,41H. The first kappa shape index (κ1) is 24.8. The van der Waals surface area contributed by atoms with Crippen LogP contribution in [-0.4, -0.2) is 9.97 Å². The maximum absolute atomic E-state index is 6.16. The minimum atomic E-state index is 0.548. The van der Waals surface area contributed by atoms with Crippen LogP contribution in [0.15, 0.2) is 128 Å². The number of hydrogen-bond donors (Lipinski definition) is 1. The molecule has 2 aliphatic rings. The zero-order valence-corrected chi connectivity index (χ0v) is 23.2. The van der Waals surface area contributed by atoms with E-state index < -0.39 is 0 Å². The van der Waals surface area contributed by atoms with Gasteiger partial charge in [0.2, 0.25) is 5.88 Å². The number of pyridine rings is 2. The van der Waals surface area contributed by atoms with Gasteiger partial charge in [-0.05, 0) is 64.7 Å². The average molecular weight is 555 g/mol. The maximum atomic E-state index is 6.16. The minimum Gasteiger partial charge on any atom is -0.439 e. The summed E-state index contributed by atoms with van der Waals surface area (Å²) in [5.74, 6) is 2.06. The number of para-hydroxylation sites is 3. The number of nitrogens with one attached hydrogen (secondary N) is 1. The molecule has 0 aliphatic carbocycles. The van der Waals surface area contributed by atoms with E-state index in [1.165, 1.54) is 0 Å². The van der Waals surface area contributed by atoms with Crippen LogP contribution in [0, 0.1) is 0 Å². The molecule has 6 aromatic rings. The highest BCUT2D eigenvalue weighted by molar-refractivity contribution is 5.95. The number of anilines is 5. The van der Waals surface area contributed by atoms with Crippen molar-refractivity contribution in [2.24, 2.45) is 0 Å². The second-order valence-electron chi connectivity index (χ2n) is 10.4. The second kappa shape index (κ2) is 10.5.